The van der Waals surface area contributed by atoms with Crippen LogP contribution < -0.4 is 4.72 Å². The molecule has 1 heterocycles. The Kier molecular flexibility index (Phi) is 5.26. The lowest BCUT2D eigenvalue weighted by Gasteiger charge is -2.08. The molecule has 9 heteroatoms. The Hall–Kier alpha value is -3.98. The fraction of sp³-hybridized carbons (Fsp3) is 0.0455. The standard InChI is InChI=1S/C22H18N4O4S/c1-15-2-12-20(13-3-15)31(29,30)25-18-8-4-16(5-9-18)21-14-22(24-23-21)17-6-10-19(11-7-17)26(27)28/h2-14,25H,1H3,(H,23,24). The van der Waals surface area contributed by atoms with E-state index in [4.69, 9.17) is 0 Å². The predicted octanol–water partition coefficient (Wildman–Crippen LogP) is 4.76. The van der Waals surface area contributed by atoms with Crippen molar-refractivity contribution in [2.45, 2.75) is 11.8 Å². The summed E-state index contributed by atoms with van der Waals surface area (Å²) >= 11 is 0. The van der Waals surface area contributed by atoms with Crippen LogP contribution in [0.25, 0.3) is 22.5 Å². The van der Waals surface area contributed by atoms with Crippen molar-refractivity contribution in [1.82, 2.24) is 10.2 Å². The highest BCUT2D eigenvalue weighted by atomic mass is 32.2. The summed E-state index contributed by atoms with van der Waals surface area (Å²) in [5.41, 5.74) is 4.39. The molecule has 2 N–H and O–H groups in total. The lowest BCUT2D eigenvalue weighted by atomic mass is 10.1. The molecule has 0 atom stereocenters. The van der Waals surface area contributed by atoms with Crippen LogP contribution in [-0.2, 0) is 10.0 Å². The molecular weight excluding hydrogens is 416 g/mol. The minimum atomic E-state index is -3.67. The highest BCUT2D eigenvalue weighted by molar-refractivity contribution is 7.92. The van der Waals surface area contributed by atoms with Gasteiger partial charge in [0, 0.05) is 28.9 Å². The van der Waals surface area contributed by atoms with Crippen LogP contribution in [0.1, 0.15) is 5.56 Å². The maximum atomic E-state index is 12.5. The molecule has 1 aromatic heterocycles. The number of H-pyrrole nitrogens is 1. The third kappa shape index (κ3) is 4.46. The van der Waals surface area contributed by atoms with E-state index in [-0.39, 0.29) is 10.6 Å². The summed E-state index contributed by atoms with van der Waals surface area (Å²) in [5, 5.41) is 18.0. The number of anilines is 1. The Morgan fingerprint density at radius 3 is 2.13 bits per heavy atom. The molecule has 0 amide bonds. The van der Waals surface area contributed by atoms with Crippen molar-refractivity contribution in [3.05, 3.63) is 94.5 Å². The first-order valence-electron chi connectivity index (χ1n) is 9.32. The van der Waals surface area contributed by atoms with Crippen LogP contribution in [0.3, 0.4) is 0 Å². The fourth-order valence-electron chi connectivity index (χ4n) is 3.02. The largest absolute Gasteiger partial charge is 0.280 e. The summed E-state index contributed by atoms with van der Waals surface area (Å²) in [6.07, 6.45) is 0. The third-order valence-corrected chi connectivity index (χ3v) is 6.13. The molecule has 4 rings (SSSR count). The van der Waals surface area contributed by atoms with Gasteiger partial charge in [0.1, 0.15) is 0 Å². The van der Waals surface area contributed by atoms with E-state index in [2.05, 4.69) is 14.9 Å². The van der Waals surface area contributed by atoms with E-state index in [1.807, 2.05) is 13.0 Å². The Bertz CT molecular complexity index is 1330. The number of nitrogens with one attached hydrogen (secondary N) is 2. The summed E-state index contributed by atoms with van der Waals surface area (Å²) in [4.78, 5) is 10.5. The molecule has 156 valence electrons. The van der Waals surface area contributed by atoms with Crippen LogP contribution >= 0.6 is 0 Å². The first kappa shape index (κ1) is 20.3. The molecule has 0 unspecified atom stereocenters. The highest BCUT2D eigenvalue weighted by Gasteiger charge is 2.14. The van der Waals surface area contributed by atoms with Crippen LogP contribution in [0.15, 0.2) is 83.8 Å². The Morgan fingerprint density at radius 2 is 1.52 bits per heavy atom. The number of nitro benzene ring substituents is 1. The number of hydrogen-bond acceptors (Lipinski definition) is 5. The number of rotatable bonds is 6. The normalized spacial score (nSPS) is 11.3. The van der Waals surface area contributed by atoms with E-state index >= 15 is 0 Å². The monoisotopic (exact) mass is 434 g/mol. The maximum absolute atomic E-state index is 12.5. The third-order valence-electron chi connectivity index (χ3n) is 4.73. The van der Waals surface area contributed by atoms with Crippen LogP contribution in [-0.4, -0.2) is 23.5 Å². The van der Waals surface area contributed by atoms with Gasteiger partial charge in [-0.1, -0.05) is 29.8 Å². The Labute approximate surface area is 178 Å². The summed E-state index contributed by atoms with van der Waals surface area (Å²) in [7, 11) is -3.67. The molecule has 0 fully saturated rings. The molecule has 3 aromatic carbocycles. The lowest BCUT2D eigenvalue weighted by molar-refractivity contribution is -0.384. The zero-order valence-electron chi connectivity index (χ0n) is 16.4. The molecule has 0 saturated carbocycles. The number of sulfonamides is 1. The minimum absolute atomic E-state index is 0.0205. The van der Waals surface area contributed by atoms with E-state index < -0.39 is 14.9 Å². The van der Waals surface area contributed by atoms with Crippen LogP contribution in [0, 0.1) is 17.0 Å². The molecule has 8 nitrogen and oxygen atoms in total. The molecule has 0 saturated heterocycles. The van der Waals surface area contributed by atoms with Gasteiger partial charge in [0.2, 0.25) is 0 Å². The molecule has 0 aliphatic carbocycles. The molecule has 0 aliphatic heterocycles. The Balaban J connectivity index is 1.51. The van der Waals surface area contributed by atoms with Gasteiger partial charge in [-0.05, 0) is 49.4 Å². The first-order chi connectivity index (χ1) is 14.8. The topological polar surface area (TPSA) is 118 Å². The Morgan fingerprint density at radius 1 is 0.903 bits per heavy atom. The quantitative estimate of drug-likeness (QED) is 0.335. The number of aromatic nitrogens is 2. The van der Waals surface area contributed by atoms with Crippen LogP contribution in [0.5, 0.6) is 0 Å². The molecule has 4 aromatic rings. The van der Waals surface area contributed by atoms with Gasteiger partial charge in [-0.2, -0.15) is 5.10 Å². The summed E-state index contributed by atoms with van der Waals surface area (Å²) in [6.45, 7) is 1.89. The van der Waals surface area contributed by atoms with Gasteiger partial charge in [-0.25, -0.2) is 8.42 Å². The van der Waals surface area contributed by atoms with Crippen LogP contribution in [0.4, 0.5) is 11.4 Å². The molecule has 0 spiro atoms. The first-order valence-corrected chi connectivity index (χ1v) is 10.8. The second kappa shape index (κ2) is 8.04. The predicted molar refractivity (Wildman–Crippen MR) is 118 cm³/mol. The minimum Gasteiger partial charge on any atom is -0.280 e. The van der Waals surface area contributed by atoms with E-state index in [0.717, 1.165) is 16.7 Å². The number of aromatic amines is 1. The SMILES string of the molecule is Cc1ccc(S(=O)(=O)Nc2ccc(-c3cc(-c4ccc([N+](=O)[O-])cc4)[nH]n3)cc2)cc1. The number of benzene rings is 3. The van der Waals surface area contributed by atoms with E-state index in [1.165, 1.54) is 12.1 Å². The van der Waals surface area contributed by atoms with E-state index in [9.17, 15) is 18.5 Å². The van der Waals surface area contributed by atoms with Crippen molar-refractivity contribution in [2.75, 3.05) is 4.72 Å². The average Bonchev–Trinajstić information content (AvgIpc) is 3.25. The van der Waals surface area contributed by atoms with E-state index in [1.54, 1.807) is 60.7 Å². The van der Waals surface area contributed by atoms with Gasteiger partial charge >= 0.3 is 0 Å². The zero-order valence-corrected chi connectivity index (χ0v) is 17.3. The van der Waals surface area contributed by atoms with Crippen molar-refractivity contribution in [2.24, 2.45) is 0 Å². The summed E-state index contributed by atoms with van der Waals surface area (Å²) in [6, 6.07) is 21.5. The molecule has 31 heavy (non-hydrogen) atoms. The van der Waals surface area contributed by atoms with Gasteiger partial charge < -0.3 is 0 Å². The lowest BCUT2D eigenvalue weighted by Crippen LogP contribution is -2.12. The van der Waals surface area contributed by atoms with Crippen molar-refractivity contribution in [3.63, 3.8) is 0 Å². The second-order valence-corrected chi connectivity index (χ2v) is 8.65. The number of non-ortho nitro benzene ring substituents is 1. The van der Waals surface area contributed by atoms with Gasteiger partial charge in [0.25, 0.3) is 15.7 Å². The maximum Gasteiger partial charge on any atom is 0.269 e. The van der Waals surface area contributed by atoms with E-state index in [0.29, 0.717) is 17.1 Å². The fourth-order valence-corrected chi connectivity index (χ4v) is 4.08. The number of nitrogens with zero attached hydrogens (tertiary/aromatic N) is 2. The van der Waals surface area contributed by atoms with Crippen molar-refractivity contribution in [3.8, 4) is 22.5 Å². The summed E-state index contributed by atoms with van der Waals surface area (Å²) in [5.74, 6) is 0. The van der Waals surface area contributed by atoms with Crippen molar-refractivity contribution in [1.29, 1.82) is 0 Å². The summed E-state index contributed by atoms with van der Waals surface area (Å²) < 4.78 is 27.6. The highest BCUT2D eigenvalue weighted by Crippen LogP contribution is 2.27. The number of aryl methyl sites for hydroxylation is 1. The molecule has 0 aliphatic rings. The van der Waals surface area contributed by atoms with Gasteiger partial charge in [0.15, 0.2) is 0 Å². The molecular formula is C22H18N4O4S. The van der Waals surface area contributed by atoms with Crippen molar-refractivity contribution >= 4 is 21.4 Å². The number of nitro groups is 1. The van der Waals surface area contributed by atoms with Gasteiger partial charge in [-0.15, -0.1) is 0 Å². The zero-order chi connectivity index (χ0) is 22.0. The smallest absolute Gasteiger partial charge is 0.269 e. The van der Waals surface area contributed by atoms with Crippen LogP contribution in [0.2, 0.25) is 0 Å². The van der Waals surface area contributed by atoms with Gasteiger partial charge in [0.05, 0.1) is 21.2 Å². The molecule has 0 radical (unpaired) electrons. The number of hydrogen-bond donors (Lipinski definition) is 2. The van der Waals surface area contributed by atoms with Gasteiger partial charge in [-0.3, -0.25) is 19.9 Å². The van der Waals surface area contributed by atoms with Crippen molar-refractivity contribution < 1.29 is 13.3 Å². The second-order valence-electron chi connectivity index (χ2n) is 6.97. The average molecular weight is 434 g/mol. The molecule has 0 bridgehead atoms.